The minimum atomic E-state index is -0.711. The van der Waals surface area contributed by atoms with Crippen LogP contribution in [0.25, 0.3) is 0 Å². The van der Waals surface area contributed by atoms with E-state index < -0.39 is 17.9 Å². The molecule has 126 valence electrons. The molecule has 2 rings (SSSR count). The zero-order valence-corrected chi connectivity index (χ0v) is 13.8. The van der Waals surface area contributed by atoms with E-state index in [4.69, 9.17) is 0 Å². The largest absolute Gasteiger partial charge is 0.391 e. The molecule has 1 unspecified atom stereocenters. The molecule has 0 bridgehead atoms. The summed E-state index contributed by atoms with van der Waals surface area (Å²) in [6.45, 7) is 4.26. The highest BCUT2D eigenvalue weighted by molar-refractivity contribution is 6.39. The first-order valence-electron chi connectivity index (χ1n) is 8.34. The van der Waals surface area contributed by atoms with E-state index in [1.54, 1.807) is 6.07 Å². The maximum Gasteiger partial charge on any atom is 0.313 e. The lowest BCUT2D eigenvalue weighted by atomic mass is 10.0. The van der Waals surface area contributed by atoms with Crippen molar-refractivity contribution in [2.45, 2.75) is 51.6 Å². The van der Waals surface area contributed by atoms with E-state index in [2.05, 4.69) is 24.5 Å². The van der Waals surface area contributed by atoms with Gasteiger partial charge < -0.3 is 15.7 Å². The second-order valence-electron chi connectivity index (χ2n) is 6.56. The highest BCUT2D eigenvalue weighted by atomic mass is 16.3. The molecule has 3 N–H and O–H groups in total. The van der Waals surface area contributed by atoms with Gasteiger partial charge in [-0.15, -0.1) is 0 Å². The Morgan fingerprint density at radius 3 is 2.57 bits per heavy atom. The molecule has 0 radical (unpaired) electrons. The van der Waals surface area contributed by atoms with E-state index >= 15 is 0 Å². The SMILES string of the molecule is CC(C)c1cccc(NC(=O)C(=O)NCC(O)C2CCCC2)c1. The van der Waals surface area contributed by atoms with Crippen molar-refractivity contribution in [3.05, 3.63) is 29.8 Å². The molecule has 1 saturated carbocycles. The Labute approximate surface area is 137 Å². The summed E-state index contributed by atoms with van der Waals surface area (Å²) in [7, 11) is 0. The predicted molar refractivity (Wildman–Crippen MR) is 90.1 cm³/mol. The average molecular weight is 318 g/mol. The van der Waals surface area contributed by atoms with Gasteiger partial charge in [0.15, 0.2) is 0 Å². The molecule has 1 aliphatic rings. The predicted octanol–water partition coefficient (Wildman–Crippen LogP) is 2.42. The number of aliphatic hydroxyl groups excluding tert-OH is 1. The molecule has 0 aliphatic heterocycles. The first-order valence-corrected chi connectivity index (χ1v) is 8.34. The van der Waals surface area contributed by atoms with E-state index in [1.807, 2.05) is 18.2 Å². The molecular weight excluding hydrogens is 292 g/mol. The van der Waals surface area contributed by atoms with Gasteiger partial charge in [-0.05, 0) is 42.4 Å². The molecule has 0 spiro atoms. The van der Waals surface area contributed by atoms with Crippen molar-refractivity contribution in [3.8, 4) is 0 Å². The van der Waals surface area contributed by atoms with Gasteiger partial charge in [0, 0.05) is 12.2 Å². The van der Waals surface area contributed by atoms with Crippen molar-refractivity contribution < 1.29 is 14.7 Å². The van der Waals surface area contributed by atoms with Gasteiger partial charge in [0.25, 0.3) is 0 Å². The third-order valence-electron chi connectivity index (χ3n) is 4.43. The van der Waals surface area contributed by atoms with Gasteiger partial charge in [-0.25, -0.2) is 0 Å². The number of aliphatic hydroxyl groups is 1. The Kier molecular flexibility index (Phi) is 6.16. The summed E-state index contributed by atoms with van der Waals surface area (Å²) >= 11 is 0. The molecule has 1 atom stereocenters. The van der Waals surface area contributed by atoms with Crippen LogP contribution in [0.3, 0.4) is 0 Å². The smallest absolute Gasteiger partial charge is 0.313 e. The zero-order valence-electron chi connectivity index (χ0n) is 13.8. The minimum absolute atomic E-state index is 0.128. The summed E-state index contributed by atoms with van der Waals surface area (Å²) in [6, 6.07) is 7.46. The third-order valence-corrected chi connectivity index (χ3v) is 4.43. The van der Waals surface area contributed by atoms with Crippen LogP contribution in [0.2, 0.25) is 0 Å². The molecule has 1 aromatic rings. The first kappa shape index (κ1) is 17.5. The molecule has 5 nitrogen and oxygen atoms in total. The van der Waals surface area contributed by atoms with Crippen LogP contribution in [0.1, 0.15) is 51.0 Å². The molecule has 0 heterocycles. The molecule has 0 saturated heterocycles. The number of carbonyl (C=O) groups is 2. The summed E-state index contributed by atoms with van der Waals surface area (Å²) in [4.78, 5) is 23.8. The van der Waals surface area contributed by atoms with E-state index in [-0.39, 0.29) is 12.5 Å². The lowest BCUT2D eigenvalue weighted by Crippen LogP contribution is -2.41. The van der Waals surface area contributed by atoms with E-state index in [1.165, 1.54) is 0 Å². The summed E-state index contributed by atoms with van der Waals surface area (Å²) in [5.74, 6) is -0.829. The van der Waals surface area contributed by atoms with E-state index in [0.717, 1.165) is 31.2 Å². The van der Waals surface area contributed by atoms with Crippen LogP contribution >= 0.6 is 0 Å². The monoisotopic (exact) mass is 318 g/mol. The van der Waals surface area contributed by atoms with Gasteiger partial charge in [0.05, 0.1) is 6.10 Å². The maximum atomic E-state index is 11.9. The Morgan fingerprint density at radius 2 is 1.91 bits per heavy atom. The van der Waals surface area contributed by atoms with Crippen molar-refractivity contribution in [1.29, 1.82) is 0 Å². The van der Waals surface area contributed by atoms with Gasteiger partial charge in [-0.1, -0.05) is 38.8 Å². The normalized spacial score (nSPS) is 16.3. The van der Waals surface area contributed by atoms with Gasteiger partial charge in [-0.2, -0.15) is 0 Å². The van der Waals surface area contributed by atoms with Crippen molar-refractivity contribution in [3.63, 3.8) is 0 Å². The highest BCUT2D eigenvalue weighted by Gasteiger charge is 2.24. The van der Waals surface area contributed by atoms with Gasteiger partial charge in [0.2, 0.25) is 0 Å². The van der Waals surface area contributed by atoms with Crippen LogP contribution in [0.15, 0.2) is 24.3 Å². The molecule has 1 aliphatic carbocycles. The Hall–Kier alpha value is -1.88. The Bertz CT molecular complexity index is 551. The van der Waals surface area contributed by atoms with Crippen LogP contribution in [-0.4, -0.2) is 29.6 Å². The lowest BCUT2D eigenvalue weighted by molar-refractivity contribution is -0.136. The minimum Gasteiger partial charge on any atom is -0.391 e. The molecule has 5 heteroatoms. The molecule has 23 heavy (non-hydrogen) atoms. The highest BCUT2D eigenvalue weighted by Crippen LogP contribution is 2.27. The number of hydrogen-bond acceptors (Lipinski definition) is 3. The van der Waals surface area contributed by atoms with Crippen LogP contribution in [-0.2, 0) is 9.59 Å². The summed E-state index contributed by atoms with van der Waals surface area (Å²) in [6.07, 6.45) is 3.67. The number of carbonyl (C=O) groups excluding carboxylic acids is 2. The van der Waals surface area contributed by atoms with Crippen molar-refractivity contribution in [2.24, 2.45) is 5.92 Å². The second kappa shape index (κ2) is 8.11. The molecule has 2 amide bonds. The standard InChI is InChI=1S/C18H26N2O3/c1-12(2)14-8-5-9-15(10-14)20-18(23)17(22)19-11-16(21)13-6-3-4-7-13/h5,8-10,12-13,16,21H,3-4,6-7,11H2,1-2H3,(H,19,22)(H,20,23). The van der Waals surface area contributed by atoms with Crippen molar-refractivity contribution >= 4 is 17.5 Å². The maximum absolute atomic E-state index is 11.9. The Morgan fingerprint density at radius 1 is 1.22 bits per heavy atom. The van der Waals surface area contributed by atoms with Gasteiger partial charge in [0.1, 0.15) is 0 Å². The quantitative estimate of drug-likeness (QED) is 0.730. The van der Waals surface area contributed by atoms with Crippen molar-refractivity contribution in [1.82, 2.24) is 5.32 Å². The fraction of sp³-hybridized carbons (Fsp3) is 0.556. The number of anilines is 1. The fourth-order valence-electron chi connectivity index (χ4n) is 2.95. The number of rotatable bonds is 5. The van der Waals surface area contributed by atoms with E-state index in [0.29, 0.717) is 11.6 Å². The summed E-state index contributed by atoms with van der Waals surface area (Å²) < 4.78 is 0. The lowest BCUT2D eigenvalue weighted by Gasteiger charge is -2.17. The fourth-order valence-corrected chi connectivity index (χ4v) is 2.95. The van der Waals surface area contributed by atoms with Crippen LogP contribution in [0.5, 0.6) is 0 Å². The summed E-state index contributed by atoms with van der Waals surface area (Å²) in [5, 5.41) is 15.1. The zero-order chi connectivity index (χ0) is 16.8. The second-order valence-corrected chi connectivity index (χ2v) is 6.56. The molecular formula is C18H26N2O3. The van der Waals surface area contributed by atoms with Crippen molar-refractivity contribution in [2.75, 3.05) is 11.9 Å². The number of amides is 2. The van der Waals surface area contributed by atoms with Crippen LogP contribution < -0.4 is 10.6 Å². The molecule has 1 fully saturated rings. The third kappa shape index (κ3) is 5.06. The summed E-state index contributed by atoms with van der Waals surface area (Å²) in [5.41, 5.74) is 1.70. The number of nitrogens with one attached hydrogen (secondary N) is 2. The van der Waals surface area contributed by atoms with Gasteiger partial charge >= 0.3 is 11.8 Å². The van der Waals surface area contributed by atoms with Gasteiger partial charge in [-0.3, -0.25) is 9.59 Å². The molecule has 1 aromatic carbocycles. The average Bonchev–Trinajstić information content (AvgIpc) is 3.07. The van der Waals surface area contributed by atoms with Crippen LogP contribution in [0.4, 0.5) is 5.69 Å². The first-order chi connectivity index (χ1) is 11.0. The van der Waals surface area contributed by atoms with E-state index in [9.17, 15) is 14.7 Å². The van der Waals surface area contributed by atoms with Crippen LogP contribution in [0, 0.1) is 5.92 Å². The topological polar surface area (TPSA) is 78.4 Å². The Balaban J connectivity index is 1.82. The number of hydrogen-bond donors (Lipinski definition) is 3. The molecule has 0 aromatic heterocycles. The number of benzene rings is 1.